The summed E-state index contributed by atoms with van der Waals surface area (Å²) in [5.41, 5.74) is 5.27. The average molecular weight is 404 g/mol. The van der Waals surface area contributed by atoms with E-state index in [1.807, 2.05) is 26.2 Å². The van der Waals surface area contributed by atoms with Gasteiger partial charge in [-0.05, 0) is 54.8 Å². The molecule has 27 heavy (non-hydrogen) atoms. The van der Waals surface area contributed by atoms with Gasteiger partial charge in [0.05, 0.1) is 4.75 Å². The number of amides is 1. The number of nitrogens with one attached hydrogen (secondary N) is 2. The third kappa shape index (κ3) is 6.19. The maximum absolute atomic E-state index is 12.3. The van der Waals surface area contributed by atoms with E-state index in [4.69, 9.17) is 0 Å². The summed E-state index contributed by atoms with van der Waals surface area (Å²) < 4.78 is -0.740. The molecule has 2 aromatic rings. The second-order valence-corrected chi connectivity index (χ2v) is 8.79. The van der Waals surface area contributed by atoms with Crippen molar-refractivity contribution in [3.05, 3.63) is 48.0 Å². The van der Waals surface area contributed by atoms with Crippen molar-refractivity contribution in [2.45, 2.75) is 25.1 Å². The lowest BCUT2D eigenvalue weighted by Gasteiger charge is -2.20. The van der Waals surface area contributed by atoms with Crippen LogP contribution in [-0.2, 0) is 11.3 Å². The Morgan fingerprint density at radius 2 is 1.70 bits per heavy atom. The van der Waals surface area contributed by atoms with Gasteiger partial charge in [0.25, 0.3) is 0 Å². The lowest BCUT2D eigenvalue weighted by Crippen LogP contribution is -2.32. The van der Waals surface area contributed by atoms with E-state index in [9.17, 15) is 4.79 Å². The predicted molar refractivity (Wildman–Crippen MR) is 123 cm³/mol. The smallest absolute Gasteiger partial charge is 0.239 e. The highest BCUT2D eigenvalue weighted by molar-refractivity contribution is 7.82. The molecule has 0 unspecified atom stereocenters. The highest BCUT2D eigenvalue weighted by atomic mass is 32.1. The van der Waals surface area contributed by atoms with Gasteiger partial charge in [-0.2, -0.15) is 25.3 Å². The maximum atomic E-state index is 12.3. The number of thiol groups is 2. The molecule has 0 radical (unpaired) electrons. The van der Waals surface area contributed by atoms with Crippen molar-refractivity contribution in [1.82, 2.24) is 5.32 Å². The van der Waals surface area contributed by atoms with Crippen molar-refractivity contribution < 1.29 is 4.79 Å². The number of carbonyl (C=O) groups excluding carboxylic acids is 1. The fourth-order valence-corrected chi connectivity index (χ4v) is 2.78. The standard InChI is InChI=1S/C21H29N3OS2/c1-21(2,27)20(25)23-19-10-7-16(13-17(19)14-22-11-12-26)15-5-8-18(9-6-15)24(3)4/h5-10,13,22,26-27H,11-12,14H2,1-4H3,(H,23,25). The zero-order valence-corrected chi connectivity index (χ0v) is 18.2. The van der Waals surface area contributed by atoms with Crippen LogP contribution in [0, 0.1) is 0 Å². The van der Waals surface area contributed by atoms with Crippen molar-refractivity contribution in [3.63, 3.8) is 0 Å². The van der Waals surface area contributed by atoms with E-state index in [0.29, 0.717) is 6.54 Å². The van der Waals surface area contributed by atoms with Gasteiger partial charge in [-0.1, -0.05) is 18.2 Å². The van der Waals surface area contributed by atoms with E-state index in [1.165, 1.54) is 0 Å². The molecule has 2 aromatic carbocycles. The van der Waals surface area contributed by atoms with Crippen molar-refractivity contribution in [2.75, 3.05) is 36.6 Å². The Kier molecular flexibility index (Phi) is 7.65. The molecule has 6 heteroatoms. The molecule has 2 N–H and O–H groups in total. The molecular weight excluding hydrogens is 374 g/mol. The lowest BCUT2D eigenvalue weighted by molar-refractivity contribution is -0.117. The molecule has 0 fully saturated rings. The summed E-state index contributed by atoms with van der Waals surface area (Å²) in [4.78, 5) is 14.4. The van der Waals surface area contributed by atoms with Crippen LogP contribution in [0.2, 0.25) is 0 Å². The van der Waals surface area contributed by atoms with Crippen molar-refractivity contribution >= 4 is 42.5 Å². The predicted octanol–water partition coefficient (Wildman–Crippen LogP) is 4.09. The number of rotatable bonds is 8. The minimum absolute atomic E-state index is 0.121. The molecule has 0 saturated heterocycles. The largest absolute Gasteiger partial charge is 0.378 e. The summed E-state index contributed by atoms with van der Waals surface area (Å²) in [5, 5.41) is 6.35. The van der Waals surface area contributed by atoms with Gasteiger partial charge in [0, 0.05) is 44.3 Å². The highest BCUT2D eigenvalue weighted by Gasteiger charge is 2.23. The summed E-state index contributed by atoms with van der Waals surface area (Å²) >= 11 is 8.61. The van der Waals surface area contributed by atoms with Crippen LogP contribution in [0.5, 0.6) is 0 Å². The van der Waals surface area contributed by atoms with Gasteiger partial charge in [0.1, 0.15) is 0 Å². The first-order valence-electron chi connectivity index (χ1n) is 8.98. The van der Waals surface area contributed by atoms with Crippen LogP contribution in [0.4, 0.5) is 11.4 Å². The topological polar surface area (TPSA) is 44.4 Å². The lowest BCUT2D eigenvalue weighted by atomic mass is 10.0. The minimum atomic E-state index is -0.740. The third-order valence-electron chi connectivity index (χ3n) is 4.23. The number of carbonyl (C=O) groups is 1. The summed E-state index contributed by atoms with van der Waals surface area (Å²) in [5.74, 6) is 0.640. The van der Waals surface area contributed by atoms with Crippen molar-refractivity contribution in [3.8, 4) is 11.1 Å². The molecule has 0 aliphatic rings. The maximum Gasteiger partial charge on any atom is 0.239 e. The fraction of sp³-hybridized carbons (Fsp3) is 0.381. The van der Waals surface area contributed by atoms with Gasteiger partial charge in [0.2, 0.25) is 5.91 Å². The molecule has 2 rings (SSSR count). The first-order valence-corrected chi connectivity index (χ1v) is 10.1. The molecule has 4 nitrogen and oxygen atoms in total. The molecule has 146 valence electrons. The van der Waals surface area contributed by atoms with E-state index in [2.05, 4.69) is 71.1 Å². The van der Waals surface area contributed by atoms with Gasteiger partial charge < -0.3 is 15.5 Å². The van der Waals surface area contributed by atoms with E-state index in [-0.39, 0.29) is 5.91 Å². The SMILES string of the molecule is CN(C)c1ccc(-c2ccc(NC(=O)C(C)(C)S)c(CNCCS)c2)cc1. The van der Waals surface area contributed by atoms with Crippen LogP contribution < -0.4 is 15.5 Å². The Balaban J connectivity index is 2.32. The van der Waals surface area contributed by atoms with E-state index in [0.717, 1.165) is 40.4 Å². The number of hydrogen-bond donors (Lipinski definition) is 4. The molecule has 0 aliphatic carbocycles. The Morgan fingerprint density at radius 3 is 2.26 bits per heavy atom. The normalized spacial score (nSPS) is 11.3. The fourth-order valence-electron chi connectivity index (χ4n) is 2.57. The number of anilines is 2. The number of nitrogens with zero attached hydrogens (tertiary/aromatic N) is 1. The van der Waals surface area contributed by atoms with Crippen LogP contribution >= 0.6 is 25.3 Å². The first-order chi connectivity index (χ1) is 12.7. The minimum Gasteiger partial charge on any atom is -0.378 e. The van der Waals surface area contributed by atoms with Crippen molar-refractivity contribution in [1.29, 1.82) is 0 Å². The molecular formula is C21H29N3OS2. The molecule has 0 atom stereocenters. The molecule has 0 spiro atoms. The quantitative estimate of drug-likeness (QED) is 0.397. The first kappa shape index (κ1) is 21.7. The number of hydrogen-bond acceptors (Lipinski definition) is 5. The van der Waals surface area contributed by atoms with Gasteiger partial charge in [-0.25, -0.2) is 0 Å². The van der Waals surface area contributed by atoms with Gasteiger partial charge in [-0.3, -0.25) is 4.79 Å². The summed E-state index contributed by atoms with van der Waals surface area (Å²) in [6.07, 6.45) is 0. The molecule has 0 aliphatic heterocycles. The second-order valence-electron chi connectivity index (χ2n) is 7.23. The van der Waals surface area contributed by atoms with Gasteiger partial charge in [-0.15, -0.1) is 0 Å². The molecule has 0 bridgehead atoms. The highest BCUT2D eigenvalue weighted by Crippen LogP contribution is 2.28. The molecule has 0 heterocycles. The summed E-state index contributed by atoms with van der Waals surface area (Å²) in [7, 11) is 4.06. The molecule has 0 saturated carbocycles. The zero-order valence-electron chi connectivity index (χ0n) is 16.4. The van der Waals surface area contributed by atoms with Crippen LogP contribution in [0.25, 0.3) is 11.1 Å². The van der Waals surface area contributed by atoms with Gasteiger partial charge in [0.15, 0.2) is 0 Å². The third-order valence-corrected chi connectivity index (χ3v) is 4.66. The van der Waals surface area contributed by atoms with E-state index in [1.54, 1.807) is 13.8 Å². The summed E-state index contributed by atoms with van der Waals surface area (Å²) in [6.45, 7) is 5.03. The van der Waals surface area contributed by atoms with E-state index < -0.39 is 4.75 Å². The average Bonchev–Trinajstić information content (AvgIpc) is 2.62. The molecule has 0 aromatic heterocycles. The number of benzene rings is 2. The Morgan fingerprint density at radius 1 is 1.07 bits per heavy atom. The van der Waals surface area contributed by atoms with Crippen LogP contribution in [0.15, 0.2) is 42.5 Å². The van der Waals surface area contributed by atoms with Crippen molar-refractivity contribution in [2.24, 2.45) is 0 Å². The Labute approximate surface area is 173 Å². The summed E-state index contributed by atoms with van der Waals surface area (Å²) in [6, 6.07) is 14.6. The monoisotopic (exact) mass is 403 g/mol. The second kappa shape index (κ2) is 9.53. The van der Waals surface area contributed by atoms with Crippen LogP contribution in [0.3, 0.4) is 0 Å². The van der Waals surface area contributed by atoms with Crippen LogP contribution in [0.1, 0.15) is 19.4 Å². The van der Waals surface area contributed by atoms with Crippen LogP contribution in [-0.4, -0.2) is 37.0 Å². The Bertz CT molecular complexity index is 768. The zero-order chi connectivity index (χ0) is 20.0. The van der Waals surface area contributed by atoms with E-state index >= 15 is 0 Å². The van der Waals surface area contributed by atoms with Gasteiger partial charge >= 0.3 is 0 Å². The Hall–Kier alpha value is -1.63. The molecule has 1 amide bonds.